The van der Waals surface area contributed by atoms with Crippen molar-refractivity contribution in [2.75, 3.05) is 11.9 Å². The van der Waals surface area contributed by atoms with E-state index >= 15 is 0 Å². The Morgan fingerprint density at radius 2 is 1.94 bits per heavy atom. The second kappa shape index (κ2) is 9.25. The first kappa shape index (κ1) is 21.0. The lowest BCUT2D eigenvalue weighted by Gasteiger charge is -2.10. The van der Waals surface area contributed by atoms with Gasteiger partial charge in [0.25, 0.3) is 5.91 Å². The van der Waals surface area contributed by atoms with Crippen LogP contribution < -0.4 is 11.1 Å². The summed E-state index contributed by atoms with van der Waals surface area (Å²) in [5.74, 6) is -0.00292. The van der Waals surface area contributed by atoms with Crippen molar-refractivity contribution in [1.29, 1.82) is 0 Å². The monoisotopic (exact) mass is 431 g/mol. The number of para-hydroxylation sites is 1. The lowest BCUT2D eigenvalue weighted by atomic mass is 10.1. The van der Waals surface area contributed by atoms with Crippen LogP contribution in [-0.2, 0) is 17.7 Å². The highest BCUT2D eigenvalue weighted by Gasteiger charge is 2.14. The van der Waals surface area contributed by atoms with Crippen molar-refractivity contribution in [2.24, 2.45) is 5.73 Å². The zero-order valence-corrected chi connectivity index (χ0v) is 17.4. The summed E-state index contributed by atoms with van der Waals surface area (Å²) in [6, 6.07) is 13.1. The van der Waals surface area contributed by atoms with Crippen LogP contribution in [0.4, 0.5) is 5.82 Å². The Morgan fingerprint density at radius 3 is 2.75 bits per heavy atom. The van der Waals surface area contributed by atoms with E-state index in [0.717, 1.165) is 11.1 Å². The normalized spacial score (nSPS) is 10.8. The number of carbonyl (C=O) groups excluding carboxylic acids is 2. The molecule has 0 unspecified atom stereocenters. The minimum Gasteiger partial charge on any atom is -0.461 e. The van der Waals surface area contributed by atoms with Gasteiger partial charge < -0.3 is 20.2 Å². The summed E-state index contributed by atoms with van der Waals surface area (Å²) in [5.41, 5.74) is 8.45. The Bertz CT molecular complexity index is 1280. The molecule has 0 aliphatic carbocycles. The summed E-state index contributed by atoms with van der Waals surface area (Å²) in [6.07, 6.45) is 3.14. The number of rotatable bonds is 8. The fourth-order valence-electron chi connectivity index (χ4n) is 3.33. The van der Waals surface area contributed by atoms with Crippen molar-refractivity contribution < 1.29 is 18.7 Å². The standard InChI is InChI=1S/C23H21N5O4/c1-2-31-23(30)18-12-32-19(28-18)10-14-5-3-6-15(9-14)11-25-22-17-8-4-7-16(21(24)29)20(17)26-13-27-22/h3-9,12-13H,2,10-11H2,1H3,(H2,24,29)(H,25,26,27). The molecule has 0 aliphatic rings. The van der Waals surface area contributed by atoms with Crippen LogP contribution >= 0.6 is 0 Å². The quantitative estimate of drug-likeness (QED) is 0.407. The number of nitrogens with zero attached hydrogens (tertiary/aromatic N) is 3. The first-order valence-corrected chi connectivity index (χ1v) is 10.0. The Balaban J connectivity index is 1.48. The zero-order chi connectivity index (χ0) is 22.5. The number of hydrogen-bond donors (Lipinski definition) is 2. The number of nitrogens with one attached hydrogen (secondary N) is 1. The van der Waals surface area contributed by atoms with Gasteiger partial charge in [-0.1, -0.05) is 30.3 Å². The minimum atomic E-state index is -0.536. The van der Waals surface area contributed by atoms with Crippen LogP contribution in [0.1, 0.15) is 44.8 Å². The number of aromatic nitrogens is 3. The Kier molecular flexibility index (Phi) is 6.07. The van der Waals surface area contributed by atoms with Gasteiger partial charge in [0.2, 0.25) is 0 Å². The third kappa shape index (κ3) is 4.56. The molecule has 1 amide bonds. The summed E-state index contributed by atoms with van der Waals surface area (Å²) >= 11 is 0. The highest BCUT2D eigenvalue weighted by molar-refractivity contribution is 6.06. The highest BCUT2D eigenvalue weighted by atomic mass is 16.5. The van der Waals surface area contributed by atoms with Gasteiger partial charge in [0.1, 0.15) is 18.4 Å². The molecule has 2 heterocycles. The number of carbonyl (C=O) groups is 2. The number of amides is 1. The SMILES string of the molecule is CCOC(=O)c1coc(Cc2cccc(CNc3ncnc4c(C(N)=O)cccc34)c2)n1. The van der Waals surface area contributed by atoms with Crippen LogP contribution in [0.3, 0.4) is 0 Å². The van der Waals surface area contributed by atoms with Gasteiger partial charge in [0, 0.05) is 18.4 Å². The molecule has 2 aromatic heterocycles. The fraction of sp³-hybridized carbons (Fsp3) is 0.174. The molecule has 0 atom stereocenters. The summed E-state index contributed by atoms with van der Waals surface area (Å²) < 4.78 is 10.3. The molecule has 0 fully saturated rings. The number of nitrogens with two attached hydrogens (primary N) is 1. The summed E-state index contributed by atoms with van der Waals surface area (Å²) in [6.45, 7) is 2.52. The van der Waals surface area contributed by atoms with E-state index in [1.54, 1.807) is 19.1 Å². The van der Waals surface area contributed by atoms with Crippen LogP contribution in [-0.4, -0.2) is 33.4 Å². The van der Waals surface area contributed by atoms with Gasteiger partial charge in [-0.05, 0) is 30.2 Å². The average Bonchev–Trinajstić information content (AvgIpc) is 3.26. The molecule has 9 nitrogen and oxygen atoms in total. The van der Waals surface area contributed by atoms with Gasteiger partial charge >= 0.3 is 5.97 Å². The summed E-state index contributed by atoms with van der Waals surface area (Å²) in [7, 11) is 0. The lowest BCUT2D eigenvalue weighted by molar-refractivity contribution is 0.0519. The van der Waals surface area contributed by atoms with Crippen LogP contribution in [0.5, 0.6) is 0 Å². The van der Waals surface area contributed by atoms with Crippen molar-refractivity contribution in [1.82, 2.24) is 15.0 Å². The van der Waals surface area contributed by atoms with E-state index in [-0.39, 0.29) is 12.3 Å². The molecule has 3 N–H and O–H groups in total. The summed E-state index contributed by atoms with van der Waals surface area (Å²) in [4.78, 5) is 36.1. The van der Waals surface area contributed by atoms with Crippen molar-refractivity contribution in [3.8, 4) is 0 Å². The molecule has 0 saturated carbocycles. The van der Waals surface area contributed by atoms with Crippen molar-refractivity contribution in [3.05, 3.63) is 83.3 Å². The number of oxazole rings is 1. The Hall–Kier alpha value is -4.27. The maximum atomic E-state index is 11.7. The summed E-state index contributed by atoms with van der Waals surface area (Å²) in [5, 5.41) is 4.00. The molecule has 0 aliphatic heterocycles. The molecule has 32 heavy (non-hydrogen) atoms. The second-order valence-electron chi connectivity index (χ2n) is 6.99. The topological polar surface area (TPSA) is 133 Å². The number of hydrogen-bond acceptors (Lipinski definition) is 8. The molecular formula is C23H21N5O4. The predicted octanol–water partition coefficient (Wildman–Crippen LogP) is 3.10. The Morgan fingerprint density at radius 1 is 1.12 bits per heavy atom. The number of fused-ring (bicyclic) bond motifs is 1. The number of primary amides is 1. The average molecular weight is 431 g/mol. The van der Waals surface area contributed by atoms with Gasteiger partial charge in [-0.2, -0.15) is 0 Å². The van der Waals surface area contributed by atoms with Gasteiger partial charge in [-0.15, -0.1) is 0 Å². The van der Waals surface area contributed by atoms with E-state index in [2.05, 4.69) is 20.3 Å². The van der Waals surface area contributed by atoms with Crippen molar-refractivity contribution >= 4 is 28.6 Å². The number of ether oxygens (including phenoxy) is 1. The fourth-order valence-corrected chi connectivity index (χ4v) is 3.33. The second-order valence-corrected chi connectivity index (χ2v) is 6.99. The van der Waals surface area contributed by atoms with Gasteiger partial charge in [0.15, 0.2) is 11.6 Å². The zero-order valence-electron chi connectivity index (χ0n) is 17.4. The maximum absolute atomic E-state index is 11.7. The van der Waals surface area contributed by atoms with E-state index in [0.29, 0.717) is 41.1 Å². The van der Waals surface area contributed by atoms with Gasteiger partial charge in [-0.25, -0.2) is 19.7 Å². The molecule has 0 radical (unpaired) electrons. The molecule has 0 spiro atoms. The van der Waals surface area contributed by atoms with E-state index < -0.39 is 11.9 Å². The smallest absolute Gasteiger partial charge is 0.360 e. The lowest BCUT2D eigenvalue weighted by Crippen LogP contribution is -2.12. The third-order valence-electron chi connectivity index (χ3n) is 4.77. The predicted molar refractivity (Wildman–Crippen MR) is 117 cm³/mol. The highest BCUT2D eigenvalue weighted by Crippen LogP contribution is 2.23. The van der Waals surface area contributed by atoms with E-state index in [4.69, 9.17) is 14.9 Å². The molecule has 2 aromatic carbocycles. The number of anilines is 1. The molecular weight excluding hydrogens is 410 g/mol. The molecule has 0 saturated heterocycles. The van der Waals surface area contributed by atoms with Gasteiger partial charge in [-0.3, -0.25) is 4.79 Å². The maximum Gasteiger partial charge on any atom is 0.360 e. The van der Waals surface area contributed by atoms with Gasteiger partial charge in [0.05, 0.1) is 17.7 Å². The van der Waals surface area contributed by atoms with E-state index in [1.807, 2.05) is 30.3 Å². The third-order valence-corrected chi connectivity index (χ3v) is 4.77. The molecule has 4 aromatic rings. The molecule has 9 heteroatoms. The van der Waals surface area contributed by atoms with Crippen molar-refractivity contribution in [3.63, 3.8) is 0 Å². The van der Waals surface area contributed by atoms with Crippen molar-refractivity contribution in [2.45, 2.75) is 19.9 Å². The largest absolute Gasteiger partial charge is 0.461 e. The van der Waals surface area contributed by atoms with E-state index in [9.17, 15) is 9.59 Å². The number of benzene rings is 2. The molecule has 162 valence electrons. The van der Waals surface area contributed by atoms with Crippen LogP contribution in [0.2, 0.25) is 0 Å². The van der Waals surface area contributed by atoms with Crippen LogP contribution in [0, 0.1) is 0 Å². The molecule has 0 bridgehead atoms. The first-order chi connectivity index (χ1) is 15.5. The number of esters is 1. The minimum absolute atomic E-state index is 0.158. The first-order valence-electron chi connectivity index (χ1n) is 10.0. The van der Waals surface area contributed by atoms with E-state index in [1.165, 1.54) is 12.6 Å². The van der Waals surface area contributed by atoms with Crippen LogP contribution in [0.25, 0.3) is 10.9 Å². The van der Waals surface area contributed by atoms with Crippen LogP contribution in [0.15, 0.2) is 59.5 Å². The Labute approximate surface area is 183 Å². The molecule has 4 rings (SSSR count).